The average molecular weight is 471 g/mol. The fourth-order valence-corrected chi connectivity index (χ4v) is 5.42. The smallest absolute Gasteiger partial charge is 0.344 e. The maximum Gasteiger partial charge on any atom is 0.344 e. The molecular formula is C27H34O5S. The van der Waals surface area contributed by atoms with Gasteiger partial charge in [0.1, 0.15) is 11.5 Å². The van der Waals surface area contributed by atoms with Crippen molar-refractivity contribution in [3.63, 3.8) is 0 Å². The van der Waals surface area contributed by atoms with Crippen LogP contribution in [0.2, 0.25) is 0 Å². The standard InChI is InChI=1S/C27H34O5S/c1-6-30-26(28)17-32-24-10-8-22(16-19(24)3)31-14-12-21(11-13-29-5)27-20(4)23-9-7-18(2)15-25(23)33-27/h7-10,15-16,21H,6,11-14,17H2,1-5H3. The van der Waals surface area contributed by atoms with Crippen molar-refractivity contribution in [2.45, 2.75) is 46.5 Å². The number of ether oxygens (including phenoxy) is 4. The molecule has 0 N–H and O–H groups in total. The van der Waals surface area contributed by atoms with Gasteiger partial charge in [0.05, 0.1) is 13.2 Å². The van der Waals surface area contributed by atoms with E-state index < -0.39 is 0 Å². The molecule has 1 heterocycles. The summed E-state index contributed by atoms with van der Waals surface area (Å²) >= 11 is 1.89. The van der Waals surface area contributed by atoms with E-state index in [0.29, 0.717) is 24.9 Å². The molecule has 0 aliphatic carbocycles. The van der Waals surface area contributed by atoms with Crippen LogP contribution in [0.5, 0.6) is 11.5 Å². The van der Waals surface area contributed by atoms with E-state index in [9.17, 15) is 4.79 Å². The Morgan fingerprint density at radius 2 is 1.79 bits per heavy atom. The van der Waals surface area contributed by atoms with Crippen LogP contribution in [0, 0.1) is 20.8 Å². The molecule has 3 rings (SSSR count). The number of carbonyl (C=O) groups excluding carboxylic acids is 1. The SMILES string of the molecule is CCOC(=O)COc1ccc(OCCC(CCOC)c2sc3cc(C)ccc3c2C)cc1C. The Morgan fingerprint density at radius 1 is 1.00 bits per heavy atom. The molecular weight excluding hydrogens is 436 g/mol. The van der Waals surface area contributed by atoms with Crippen LogP contribution in [0.25, 0.3) is 10.1 Å². The first-order valence-electron chi connectivity index (χ1n) is 11.4. The summed E-state index contributed by atoms with van der Waals surface area (Å²) in [6.45, 7) is 9.67. The number of benzene rings is 2. The fraction of sp³-hybridized carbons (Fsp3) is 0.444. The van der Waals surface area contributed by atoms with Crippen LogP contribution < -0.4 is 9.47 Å². The van der Waals surface area contributed by atoms with Crippen molar-refractivity contribution < 1.29 is 23.7 Å². The van der Waals surface area contributed by atoms with E-state index >= 15 is 0 Å². The van der Waals surface area contributed by atoms with E-state index in [1.807, 2.05) is 36.5 Å². The minimum atomic E-state index is -0.369. The predicted octanol–water partition coefficient (Wildman–Crippen LogP) is 6.36. The second kappa shape index (κ2) is 12.1. The van der Waals surface area contributed by atoms with Crippen molar-refractivity contribution in [2.24, 2.45) is 0 Å². The van der Waals surface area contributed by atoms with Gasteiger partial charge in [0.25, 0.3) is 0 Å². The van der Waals surface area contributed by atoms with Gasteiger partial charge in [-0.2, -0.15) is 0 Å². The van der Waals surface area contributed by atoms with E-state index in [0.717, 1.165) is 30.8 Å². The fourth-order valence-electron chi connectivity index (χ4n) is 3.94. The van der Waals surface area contributed by atoms with E-state index in [2.05, 4.69) is 32.0 Å². The van der Waals surface area contributed by atoms with Gasteiger partial charge < -0.3 is 18.9 Å². The molecule has 2 aromatic carbocycles. The molecule has 178 valence electrons. The summed E-state index contributed by atoms with van der Waals surface area (Å²) in [5.74, 6) is 1.47. The van der Waals surface area contributed by atoms with Crippen molar-refractivity contribution in [1.29, 1.82) is 0 Å². The quantitative estimate of drug-likeness (QED) is 0.288. The molecule has 1 unspecified atom stereocenters. The van der Waals surface area contributed by atoms with E-state index in [1.165, 1.54) is 26.1 Å². The summed E-state index contributed by atoms with van der Waals surface area (Å²) < 4.78 is 23.3. The van der Waals surface area contributed by atoms with Crippen LogP contribution >= 0.6 is 11.3 Å². The molecule has 0 saturated heterocycles. The van der Waals surface area contributed by atoms with Crippen molar-refractivity contribution in [3.05, 3.63) is 58.0 Å². The second-order valence-corrected chi connectivity index (χ2v) is 9.31. The third-order valence-electron chi connectivity index (χ3n) is 5.70. The number of hydrogen-bond acceptors (Lipinski definition) is 6. The topological polar surface area (TPSA) is 54.0 Å². The van der Waals surface area contributed by atoms with Crippen LogP contribution in [0.4, 0.5) is 0 Å². The summed E-state index contributed by atoms with van der Waals surface area (Å²) in [6, 6.07) is 12.3. The van der Waals surface area contributed by atoms with Crippen LogP contribution in [0.3, 0.4) is 0 Å². The molecule has 0 fully saturated rings. The maximum atomic E-state index is 11.5. The highest BCUT2D eigenvalue weighted by Gasteiger charge is 2.19. The Hall–Kier alpha value is -2.57. The Balaban J connectivity index is 1.63. The van der Waals surface area contributed by atoms with Gasteiger partial charge in [0, 0.05) is 23.3 Å². The Kier molecular flexibility index (Phi) is 9.15. The van der Waals surface area contributed by atoms with Gasteiger partial charge >= 0.3 is 5.97 Å². The molecule has 6 heteroatoms. The van der Waals surface area contributed by atoms with Gasteiger partial charge in [-0.3, -0.25) is 0 Å². The Bertz CT molecular complexity index is 1070. The average Bonchev–Trinajstić information content (AvgIpc) is 3.11. The van der Waals surface area contributed by atoms with Gasteiger partial charge in [-0.05, 0) is 92.8 Å². The lowest BCUT2D eigenvalue weighted by molar-refractivity contribution is -0.145. The minimum absolute atomic E-state index is 0.0931. The van der Waals surface area contributed by atoms with Crippen LogP contribution in [-0.2, 0) is 14.3 Å². The van der Waals surface area contributed by atoms with Crippen LogP contribution in [0.1, 0.15) is 47.3 Å². The van der Waals surface area contributed by atoms with Gasteiger partial charge in [-0.25, -0.2) is 4.79 Å². The summed E-state index contributed by atoms with van der Waals surface area (Å²) in [7, 11) is 1.75. The molecule has 1 aromatic heterocycles. The van der Waals surface area contributed by atoms with Gasteiger partial charge in [-0.15, -0.1) is 11.3 Å². The summed E-state index contributed by atoms with van der Waals surface area (Å²) in [5.41, 5.74) is 3.58. The van der Waals surface area contributed by atoms with Gasteiger partial charge in [-0.1, -0.05) is 12.1 Å². The number of aryl methyl sites for hydroxylation is 3. The van der Waals surface area contributed by atoms with E-state index in [-0.39, 0.29) is 12.6 Å². The number of hydrogen-bond donors (Lipinski definition) is 0. The Labute approximate surface area is 200 Å². The van der Waals surface area contributed by atoms with E-state index in [1.54, 1.807) is 14.0 Å². The number of rotatable bonds is 12. The third-order valence-corrected chi connectivity index (χ3v) is 7.12. The highest BCUT2D eigenvalue weighted by molar-refractivity contribution is 7.19. The summed E-state index contributed by atoms with van der Waals surface area (Å²) in [5, 5.41) is 1.35. The number of thiophene rings is 1. The minimum Gasteiger partial charge on any atom is -0.494 e. The third kappa shape index (κ3) is 6.71. The zero-order chi connectivity index (χ0) is 23.8. The van der Waals surface area contributed by atoms with Gasteiger partial charge in [0.2, 0.25) is 0 Å². The highest BCUT2D eigenvalue weighted by atomic mass is 32.1. The van der Waals surface area contributed by atoms with Crippen molar-refractivity contribution in [2.75, 3.05) is 33.5 Å². The number of carbonyl (C=O) groups is 1. The summed E-state index contributed by atoms with van der Waals surface area (Å²) in [4.78, 5) is 12.9. The van der Waals surface area contributed by atoms with Crippen LogP contribution in [-0.4, -0.2) is 39.5 Å². The number of methoxy groups -OCH3 is 1. The zero-order valence-corrected chi connectivity index (χ0v) is 21.1. The van der Waals surface area contributed by atoms with Crippen LogP contribution in [0.15, 0.2) is 36.4 Å². The largest absolute Gasteiger partial charge is 0.494 e. The first-order valence-corrected chi connectivity index (χ1v) is 12.2. The van der Waals surface area contributed by atoms with Crippen molar-refractivity contribution >= 4 is 27.4 Å². The monoisotopic (exact) mass is 470 g/mol. The number of esters is 1. The maximum absolute atomic E-state index is 11.5. The first-order chi connectivity index (χ1) is 15.9. The van der Waals surface area contributed by atoms with Crippen molar-refractivity contribution in [3.8, 4) is 11.5 Å². The lowest BCUT2D eigenvalue weighted by Crippen LogP contribution is -2.15. The molecule has 0 bridgehead atoms. The molecule has 33 heavy (non-hydrogen) atoms. The molecule has 0 spiro atoms. The lowest BCUT2D eigenvalue weighted by atomic mass is 9.96. The zero-order valence-electron chi connectivity index (χ0n) is 20.2. The molecule has 0 amide bonds. The molecule has 3 aromatic rings. The Morgan fingerprint density at radius 3 is 2.52 bits per heavy atom. The van der Waals surface area contributed by atoms with E-state index in [4.69, 9.17) is 18.9 Å². The normalized spacial score (nSPS) is 12.0. The first kappa shape index (κ1) is 25.1. The lowest BCUT2D eigenvalue weighted by Gasteiger charge is -2.17. The second-order valence-electron chi connectivity index (χ2n) is 8.23. The molecule has 1 atom stereocenters. The molecule has 5 nitrogen and oxygen atoms in total. The summed E-state index contributed by atoms with van der Waals surface area (Å²) in [6.07, 6.45) is 1.88. The predicted molar refractivity (Wildman–Crippen MR) is 134 cm³/mol. The molecule has 0 aliphatic rings. The molecule has 0 aliphatic heterocycles. The molecule has 0 radical (unpaired) electrons. The molecule has 0 saturated carbocycles. The number of fused-ring (bicyclic) bond motifs is 1. The highest BCUT2D eigenvalue weighted by Crippen LogP contribution is 2.39. The van der Waals surface area contributed by atoms with Gasteiger partial charge in [0.15, 0.2) is 6.61 Å². The van der Waals surface area contributed by atoms with Crippen molar-refractivity contribution in [1.82, 2.24) is 0 Å².